The quantitative estimate of drug-likeness (QED) is 0.200. The third-order valence-electron chi connectivity index (χ3n) is 5.05. The maximum absolute atomic E-state index is 13.6. The van der Waals surface area contributed by atoms with Gasteiger partial charge in [-0.25, -0.2) is 4.39 Å². The zero-order valence-electron chi connectivity index (χ0n) is 18.2. The van der Waals surface area contributed by atoms with Gasteiger partial charge in [0.05, 0.1) is 23.9 Å². The van der Waals surface area contributed by atoms with Crippen LogP contribution in [0.5, 0.6) is 5.75 Å². The van der Waals surface area contributed by atoms with Crippen LogP contribution in [0, 0.1) is 5.82 Å². The molecule has 2 aromatic carbocycles. The average molecular weight is 452 g/mol. The molecule has 9 nitrogen and oxygen atoms in total. The Morgan fingerprint density at radius 2 is 1.88 bits per heavy atom. The van der Waals surface area contributed by atoms with Crippen LogP contribution in [-0.2, 0) is 11.3 Å². The number of hydrogen-bond donors (Lipinski definition) is 5. The van der Waals surface area contributed by atoms with Crippen molar-refractivity contribution in [2.45, 2.75) is 13.5 Å². The third-order valence-corrected chi connectivity index (χ3v) is 5.05. The lowest BCUT2D eigenvalue weighted by Gasteiger charge is -2.13. The van der Waals surface area contributed by atoms with E-state index in [9.17, 15) is 14.0 Å². The van der Waals surface area contributed by atoms with Gasteiger partial charge in [-0.05, 0) is 36.8 Å². The first-order chi connectivity index (χ1) is 15.8. The number of halogens is 1. The average Bonchev–Trinajstić information content (AvgIpc) is 3.27. The largest absolute Gasteiger partial charge is 0.496 e. The van der Waals surface area contributed by atoms with Crippen LogP contribution in [0.3, 0.4) is 0 Å². The van der Waals surface area contributed by atoms with E-state index in [1.54, 1.807) is 31.3 Å². The summed E-state index contributed by atoms with van der Waals surface area (Å²) in [5.74, 6) is -1.60. The molecule has 0 atom stereocenters. The minimum atomic E-state index is -0.786. The Bertz CT molecular complexity index is 1280. The Labute approximate surface area is 189 Å². The lowest BCUT2D eigenvalue weighted by molar-refractivity contribution is -0.114. The SMILES string of the molecule is CCN=C(N)/C(C(N)=O)=C(\N)c1ccc(CNC(=O)c2cc(F)ccc2OC)c2[nH]ccc12. The number of methoxy groups -OCH3 is 1. The fourth-order valence-electron chi connectivity index (χ4n) is 3.51. The maximum Gasteiger partial charge on any atom is 0.255 e. The summed E-state index contributed by atoms with van der Waals surface area (Å²) in [4.78, 5) is 31.8. The molecule has 3 rings (SSSR count). The fourth-order valence-corrected chi connectivity index (χ4v) is 3.51. The number of carbonyl (C=O) groups is 2. The van der Waals surface area contributed by atoms with Crippen LogP contribution in [0.4, 0.5) is 4.39 Å². The number of nitrogens with one attached hydrogen (secondary N) is 2. The molecule has 0 unspecified atom stereocenters. The highest BCUT2D eigenvalue weighted by Crippen LogP contribution is 2.27. The number of fused-ring (bicyclic) bond motifs is 1. The standard InChI is InChI=1S/C23H25FN6O3/c1-3-28-21(26)18(22(27)31)19(25)14-6-4-12(20-15(14)8-9-29-20)11-30-23(32)16-10-13(24)5-7-17(16)33-2/h4-10,29H,3,11,25H2,1-2H3,(H2,26,28)(H2,27,31)(H,30,32)/b19-18+. The number of aromatic nitrogens is 1. The molecule has 1 heterocycles. The van der Waals surface area contributed by atoms with Gasteiger partial charge in [-0.2, -0.15) is 0 Å². The van der Waals surface area contributed by atoms with Crippen molar-refractivity contribution in [3.05, 3.63) is 70.7 Å². The molecule has 1 aromatic heterocycles. The van der Waals surface area contributed by atoms with Gasteiger partial charge in [-0.15, -0.1) is 0 Å². The number of amides is 2. The second-order valence-electron chi connectivity index (χ2n) is 7.08. The third kappa shape index (κ3) is 4.79. The molecule has 0 aliphatic carbocycles. The van der Waals surface area contributed by atoms with Gasteiger partial charge >= 0.3 is 0 Å². The highest BCUT2D eigenvalue weighted by Gasteiger charge is 2.19. The van der Waals surface area contributed by atoms with Crippen molar-refractivity contribution in [1.29, 1.82) is 0 Å². The van der Waals surface area contributed by atoms with Crippen molar-refractivity contribution in [1.82, 2.24) is 10.3 Å². The minimum absolute atomic E-state index is 0.0356. The second kappa shape index (κ2) is 9.86. The van der Waals surface area contributed by atoms with E-state index < -0.39 is 17.6 Å². The molecule has 0 aliphatic rings. The molecular formula is C23H25FN6O3. The summed E-state index contributed by atoms with van der Waals surface area (Å²) in [6.07, 6.45) is 1.70. The number of primary amides is 1. The van der Waals surface area contributed by atoms with Crippen molar-refractivity contribution < 1.29 is 18.7 Å². The van der Waals surface area contributed by atoms with Gasteiger partial charge in [0.2, 0.25) is 0 Å². The van der Waals surface area contributed by atoms with Crippen LogP contribution in [0.15, 0.2) is 53.2 Å². The number of amidine groups is 1. The van der Waals surface area contributed by atoms with Crippen molar-refractivity contribution in [2.24, 2.45) is 22.2 Å². The monoisotopic (exact) mass is 452 g/mol. The van der Waals surface area contributed by atoms with E-state index in [-0.39, 0.29) is 35.0 Å². The summed E-state index contributed by atoms with van der Waals surface area (Å²) in [7, 11) is 1.40. The topological polar surface area (TPSA) is 162 Å². The zero-order valence-corrected chi connectivity index (χ0v) is 18.2. The summed E-state index contributed by atoms with van der Waals surface area (Å²) < 4.78 is 18.8. The molecule has 0 aliphatic heterocycles. The summed E-state index contributed by atoms with van der Waals surface area (Å²) in [6.45, 7) is 2.28. The second-order valence-corrected chi connectivity index (χ2v) is 7.08. The lowest BCUT2D eigenvalue weighted by Crippen LogP contribution is -2.29. The van der Waals surface area contributed by atoms with E-state index in [0.717, 1.165) is 11.6 Å². The Hall–Kier alpha value is -4.34. The Morgan fingerprint density at radius 1 is 1.12 bits per heavy atom. The van der Waals surface area contributed by atoms with Crippen molar-refractivity contribution in [2.75, 3.05) is 13.7 Å². The molecule has 10 heteroatoms. The highest BCUT2D eigenvalue weighted by molar-refractivity contribution is 6.25. The molecule has 2 amide bonds. The Morgan fingerprint density at radius 3 is 2.55 bits per heavy atom. The van der Waals surface area contributed by atoms with Gasteiger partial charge in [0.15, 0.2) is 0 Å². The van der Waals surface area contributed by atoms with Crippen LogP contribution in [0.25, 0.3) is 16.6 Å². The maximum atomic E-state index is 13.6. The summed E-state index contributed by atoms with van der Waals surface area (Å²) >= 11 is 0. The van der Waals surface area contributed by atoms with E-state index in [2.05, 4.69) is 15.3 Å². The van der Waals surface area contributed by atoms with Gasteiger partial charge < -0.3 is 32.2 Å². The van der Waals surface area contributed by atoms with E-state index in [1.165, 1.54) is 19.2 Å². The van der Waals surface area contributed by atoms with Gasteiger partial charge in [0.25, 0.3) is 11.8 Å². The molecule has 172 valence electrons. The predicted octanol–water partition coefficient (Wildman–Crippen LogP) is 1.78. The van der Waals surface area contributed by atoms with Gasteiger partial charge in [0.1, 0.15) is 23.0 Å². The minimum Gasteiger partial charge on any atom is -0.496 e. The van der Waals surface area contributed by atoms with E-state index >= 15 is 0 Å². The molecule has 8 N–H and O–H groups in total. The van der Waals surface area contributed by atoms with Crippen molar-refractivity contribution >= 4 is 34.2 Å². The molecule has 0 fully saturated rings. The number of hydrogen-bond acceptors (Lipinski definition) is 5. The lowest BCUT2D eigenvalue weighted by atomic mass is 9.99. The van der Waals surface area contributed by atoms with Crippen LogP contribution in [0.1, 0.15) is 28.4 Å². The van der Waals surface area contributed by atoms with Gasteiger partial charge in [-0.3, -0.25) is 14.6 Å². The first-order valence-electron chi connectivity index (χ1n) is 10.1. The molecule has 0 saturated heterocycles. The summed E-state index contributed by atoms with van der Waals surface area (Å²) in [5, 5.41) is 3.46. The van der Waals surface area contributed by atoms with E-state index in [1.807, 2.05) is 0 Å². The number of ether oxygens (including phenoxy) is 1. The van der Waals surface area contributed by atoms with Gasteiger partial charge in [-0.1, -0.05) is 12.1 Å². The molecule has 0 saturated carbocycles. The predicted molar refractivity (Wildman–Crippen MR) is 125 cm³/mol. The van der Waals surface area contributed by atoms with E-state index in [0.29, 0.717) is 23.0 Å². The number of aromatic amines is 1. The molecule has 33 heavy (non-hydrogen) atoms. The number of benzene rings is 2. The number of H-pyrrole nitrogens is 1. The molecular weight excluding hydrogens is 427 g/mol. The van der Waals surface area contributed by atoms with Crippen molar-refractivity contribution in [3.8, 4) is 5.75 Å². The number of nitrogens with two attached hydrogens (primary N) is 3. The van der Waals surface area contributed by atoms with Crippen LogP contribution < -0.4 is 27.3 Å². The molecule has 0 radical (unpaired) electrons. The Balaban J connectivity index is 1.95. The van der Waals surface area contributed by atoms with E-state index in [4.69, 9.17) is 21.9 Å². The number of rotatable bonds is 8. The summed E-state index contributed by atoms with van der Waals surface area (Å²) in [5.41, 5.74) is 19.8. The van der Waals surface area contributed by atoms with Crippen molar-refractivity contribution in [3.63, 3.8) is 0 Å². The normalized spacial score (nSPS) is 12.4. The number of aliphatic imine (C=N–C) groups is 1. The molecule has 0 bridgehead atoms. The molecule has 0 spiro atoms. The van der Waals surface area contributed by atoms with Crippen LogP contribution in [0.2, 0.25) is 0 Å². The summed E-state index contributed by atoms with van der Waals surface area (Å²) in [6, 6.07) is 8.95. The number of nitrogens with zero attached hydrogens (tertiary/aromatic N) is 1. The number of carbonyl (C=O) groups excluding carboxylic acids is 2. The zero-order chi connectivity index (χ0) is 24.1. The first-order valence-corrected chi connectivity index (χ1v) is 10.1. The van der Waals surface area contributed by atoms with Crippen LogP contribution >= 0.6 is 0 Å². The first kappa shape index (κ1) is 23.3. The van der Waals surface area contributed by atoms with Crippen LogP contribution in [-0.4, -0.2) is 36.3 Å². The highest BCUT2D eigenvalue weighted by atomic mass is 19.1. The smallest absolute Gasteiger partial charge is 0.255 e. The fraction of sp³-hybridized carbons (Fsp3) is 0.174. The Kier molecular flexibility index (Phi) is 6.97. The van der Waals surface area contributed by atoms with Gasteiger partial charge in [0, 0.05) is 30.2 Å². The molecule has 3 aromatic rings.